The molecule has 2 aliphatic rings. The predicted molar refractivity (Wildman–Crippen MR) is 126 cm³/mol. The van der Waals surface area contributed by atoms with Crippen LogP contribution in [0.3, 0.4) is 0 Å². The van der Waals surface area contributed by atoms with Crippen molar-refractivity contribution >= 4 is 11.8 Å². The van der Waals surface area contributed by atoms with Crippen molar-refractivity contribution in [2.75, 3.05) is 13.1 Å². The molecule has 2 heterocycles. The minimum atomic E-state index is -0.271. The molecule has 0 bridgehead atoms. The number of carbonyl (C=O) groups is 2. The van der Waals surface area contributed by atoms with E-state index in [0.29, 0.717) is 18.2 Å². The molecule has 1 aliphatic carbocycles. The Morgan fingerprint density at radius 3 is 2.82 bits per heavy atom. The number of aromatic nitrogens is 1. The highest BCUT2D eigenvalue weighted by molar-refractivity contribution is 5.91. The van der Waals surface area contributed by atoms with Gasteiger partial charge in [0.1, 0.15) is 12.0 Å². The molecule has 1 aromatic heterocycles. The van der Waals surface area contributed by atoms with Crippen LogP contribution in [0.2, 0.25) is 0 Å². The van der Waals surface area contributed by atoms with Crippen LogP contribution in [-0.2, 0) is 17.8 Å². The lowest BCUT2D eigenvalue weighted by molar-refractivity contribution is -0.134. The highest BCUT2D eigenvalue weighted by Crippen LogP contribution is 2.41. The van der Waals surface area contributed by atoms with Crippen LogP contribution in [0, 0.1) is 12.8 Å². The van der Waals surface area contributed by atoms with Gasteiger partial charge in [-0.1, -0.05) is 35.9 Å². The molecule has 0 unspecified atom stereocenters. The molecule has 1 saturated carbocycles. The molecule has 2 aromatic carbocycles. The zero-order valence-electron chi connectivity index (χ0n) is 19.5. The first kappa shape index (κ1) is 22.2. The van der Waals surface area contributed by atoms with Gasteiger partial charge in [-0.05, 0) is 61.9 Å². The maximum absolute atomic E-state index is 13.2. The van der Waals surface area contributed by atoms with Gasteiger partial charge in [-0.2, -0.15) is 0 Å². The first-order chi connectivity index (χ1) is 16.5. The fraction of sp³-hybridized carbons (Fsp3) is 0.370. The zero-order valence-corrected chi connectivity index (χ0v) is 19.5. The van der Waals surface area contributed by atoms with E-state index in [1.54, 1.807) is 0 Å². The van der Waals surface area contributed by atoms with E-state index >= 15 is 0 Å². The Labute approximate surface area is 199 Å². The van der Waals surface area contributed by atoms with Gasteiger partial charge in [0.25, 0.3) is 5.91 Å². The number of benzene rings is 2. The molecule has 1 fully saturated rings. The number of nitrogens with one attached hydrogen (secondary N) is 1. The fourth-order valence-electron chi connectivity index (χ4n) is 4.56. The predicted octanol–water partition coefficient (Wildman–Crippen LogP) is 4.20. The molecule has 1 aliphatic heterocycles. The molecule has 34 heavy (non-hydrogen) atoms. The van der Waals surface area contributed by atoms with E-state index in [1.165, 1.54) is 17.4 Å². The van der Waals surface area contributed by atoms with E-state index in [-0.39, 0.29) is 36.1 Å². The zero-order chi connectivity index (χ0) is 23.7. The number of amides is 2. The molecule has 1 atom stereocenters. The SMILES string of the molecule is CCNC(=O)c1coc(COc2ccc3c(c2)[C@H](c2cccc(C)c2)N(C(=O)C2CC2)CC3)n1. The molecule has 3 aromatic rings. The van der Waals surface area contributed by atoms with Crippen molar-refractivity contribution in [1.82, 2.24) is 15.2 Å². The Morgan fingerprint density at radius 2 is 2.06 bits per heavy atom. The van der Waals surface area contributed by atoms with Crippen LogP contribution >= 0.6 is 0 Å². The Kier molecular flexibility index (Phi) is 6.09. The van der Waals surface area contributed by atoms with Crippen molar-refractivity contribution in [3.05, 3.63) is 82.6 Å². The van der Waals surface area contributed by atoms with Crippen LogP contribution in [0.15, 0.2) is 53.1 Å². The standard InChI is InChI=1S/C27H29N3O4/c1-3-28-26(31)23-15-34-24(29-23)16-33-21-10-9-18-11-12-30(27(32)19-7-8-19)25(22(18)14-21)20-6-4-5-17(2)13-20/h4-6,9-10,13-15,19,25H,3,7-8,11-12,16H2,1-2H3,(H,28,31)/t25-/m0/s1. The summed E-state index contributed by atoms with van der Waals surface area (Å²) in [6.07, 6.45) is 4.14. The number of ether oxygens (including phenoxy) is 1. The van der Waals surface area contributed by atoms with Crippen LogP contribution in [0.25, 0.3) is 0 Å². The maximum atomic E-state index is 13.2. The van der Waals surface area contributed by atoms with E-state index in [9.17, 15) is 9.59 Å². The van der Waals surface area contributed by atoms with E-state index in [0.717, 1.165) is 36.9 Å². The number of carbonyl (C=O) groups excluding carboxylic acids is 2. The number of nitrogens with zero attached hydrogens (tertiary/aromatic N) is 2. The summed E-state index contributed by atoms with van der Waals surface area (Å²) in [5.41, 5.74) is 4.85. The molecule has 0 saturated heterocycles. The number of oxazole rings is 1. The monoisotopic (exact) mass is 459 g/mol. The third-order valence-corrected chi connectivity index (χ3v) is 6.40. The van der Waals surface area contributed by atoms with Crippen LogP contribution in [0.5, 0.6) is 5.75 Å². The number of hydrogen-bond acceptors (Lipinski definition) is 5. The van der Waals surface area contributed by atoms with Gasteiger partial charge in [0, 0.05) is 19.0 Å². The van der Waals surface area contributed by atoms with Gasteiger partial charge in [-0.3, -0.25) is 9.59 Å². The average molecular weight is 460 g/mol. The van der Waals surface area contributed by atoms with Crippen LogP contribution in [0.4, 0.5) is 0 Å². The summed E-state index contributed by atoms with van der Waals surface area (Å²) >= 11 is 0. The highest BCUT2D eigenvalue weighted by Gasteiger charge is 2.39. The van der Waals surface area contributed by atoms with Crippen LogP contribution in [0.1, 0.15) is 64.4 Å². The molecule has 176 valence electrons. The minimum absolute atomic E-state index is 0.109. The fourth-order valence-corrected chi connectivity index (χ4v) is 4.56. The second-order valence-electron chi connectivity index (χ2n) is 9.01. The number of hydrogen-bond donors (Lipinski definition) is 1. The molecule has 7 heteroatoms. The van der Waals surface area contributed by atoms with E-state index in [2.05, 4.69) is 41.5 Å². The highest BCUT2D eigenvalue weighted by atomic mass is 16.5. The summed E-state index contributed by atoms with van der Waals surface area (Å²) < 4.78 is 11.4. The van der Waals surface area contributed by atoms with Gasteiger partial charge < -0.3 is 19.4 Å². The van der Waals surface area contributed by atoms with Crippen LogP contribution < -0.4 is 10.1 Å². The lowest BCUT2D eigenvalue weighted by atomic mass is 9.87. The van der Waals surface area contributed by atoms with Gasteiger partial charge in [0.05, 0.1) is 6.04 Å². The van der Waals surface area contributed by atoms with Gasteiger partial charge in [0.2, 0.25) is 11.8 Å². The summed E-state index contributed by atoms with van der Waals surface area (Å²) in [7, 11) is 0. The average Bonchev–Trinajstić information content (AvgIpc) is 3.58. The van der Waals surface area contributed by atoms with Crippen LogP contribution in [-0.4, -0.2) is 34.8 Å². The third-order valence-electron chi connectivity index (χ3n) is 6.40. The summed E-state index contributed by atoms with van der Waals surface area (Å²) in [6.45, 7) is 5.28. The molecule has 0 radical (unpaired) electrons. The summed E-state index contributed by atoms with van der Waals surface area (Å²) in [5.74, 6) is 1.15. The van der Waals surface area contributed by atoms with Gasteiger partial charge in [0.15, 0.2) is 12.3 Å². The molecular weight excluding hydrogens is 430 g/mol. The van der Waals surface area contributed by atoms with Crippen molar-refractivity contribution in [2.45, 2.75) is 45.8 Å². The largest absolute Gasteiger partial charge is 0.484 e. The Morgan fingerprint density at radius 1 is 1.21 bits per heavy atom. The summed E-state index contributed by atoms with van der Waals surface area (Å²) in [6, 6.07) is 14.3. The maximum Gasteiger partial charge on any atom is 0.273 e. The second kappa shape index (κ2) is 9.33. The van der Waals surface area contributed by atoms with Gasteiger partial charge >= 0.3 is 0 Å². The molecule has 5 rings (SSSR count). The first-order valence-electron chi connectivity index (χ1n) is 11.9. The van der Waals surface area contributed by atoms with Gasteiger partial charge in [-0.15, -0.1) is 0 Å². The Bertz CT molecular complexity index is 1210. The number of fused-ring (bicyclic) bond motifs is 1. The Balaban J connectivity index is 1.41. The van der Waals surface area contributed by atoms with Crippen molar-refractivity contribution in [3.8, 4) is 5.75 Å². The number of rotatable bonds is 7. The molecule has 0 spiro atoms. The smallest absolute Gasteiger partial charge is 0.273 e. The molecule has 1 N–H and O–H groups in total. The van der Waals surface area contributed by atoms with E-state index < -0.39 is 0 Å². The quantitative estimate of drug-likeness (QED) is 0.573. The minimum Gasteiger partial charge on any atom is -0.484 e. The Hall–Kier alpha value is -3.61. The lowest BCUT2D eigenvalue weighted by Gasteiger charge is -2.38. The third kappa shape index (κ3) is 4.55. The molecule has 2 amide bonds. The second-order valence-corrected chi connectivity index (χ2v) is 9.01. The van der Waals surface area contributed by atoms with Crippen molar-refractivity contribution in [2.24, 2.45) is 5.92 Å². The van der Waals surface area contributed by atoms with Crippen molar-refractivity contribution in [1.29, 1.82) is 0 Å². The summed E-state index contributed by atoms with van der Waals surface area (Å²) in [5, 5.41) is 2.70. The normalized spacial score (nSPS) is 17.2. The molecule has 7 nitrogen and oxygen atoms in total. The van der Waals surface area contributed by atoms with Crippen molar-refractivity contribution in [3.63, 3.8) is 0 Å². The topological polar surface area (TPSA) is 84.7 Å². The van der Waals surface area contributed by atoms with E-state index in [4.69, 9.17) is 9.15 Å². The van der Waals surface area contributed by atoms with E-state index in [1.807, 2.05) is 30.0 Å². The van der Waals surface area contributed by atoms with Crippen molar-refractivity contribution < 1.29 is 18.7 Å². The number of aryl methyl sites for hydroxylation is 1. The lowest BCUT2D eigenvalue weighted by Crippen LogP contribution is -2.41. The first-order valence-corrected chi connectivity index (χ1v) is 11.9. The molecular formula is C27H29N3O4. The summed E-state index contributed by atoms with van der Waals surface area (Å²) in [4.78, 5) is 31.4. The van der Waals surface area contributed by atoms with Gasteiger partial charge in [-0.25, -0.2) is 4.98 Å².